The zero-order chi connectivity index (χ0) is 15.1. The molecule has 1 aromatic heterocycles. The van der Waals surface area contributed by atoms with Gasteiger partial charge in [0.2, 0.25) is 5.91 Å². The molecule has 1 N–H and O–H groups in total. The molecule has 0 spiro atoms. The second-order valence-electron chi connectivity index (χ2n) is 4.47. The average Bonchev–Trinajstić information content (AvgIpc) is 2.82. The van der Waals surface area contributed by atoms with E-state index in [1.165, 1.54) is 19.3 Å². The van der Waals surface area contributed by atoms with Crippen molar-refractivity contribution in [1.29, 1.82) is 0 Å². The quantitative estimate of drug-likeness (QED) is 0.642. The van der Waals surface area contributed by atoms with Crippen molar-refractivity contribution >= 4 is 18.0 Å². The standard InChI is InChI=1S/C15H21NO4/c1-5-11(6-2)16-14(17)8-7-12-9-13(10(3)20-12)15(18)19-4/h7-9,11H,5-6H2,1-4H3,(H,16,17)/b8-7+. The Morgan fingerprint density at radius 1 is 1.40 bits per heavy atom. The highest BCUT2D eigenvalue weighted by molar-refractivity contribution is 5.93. The summed E-state index contributed by atoms with van der Waals surface area (Å²) in [6.45, 7) is 5.72. The second kappa shape index (κ2) is 7.53. The van der Waals surface area contributed by atoms with Gasteiger partial charge in [-0.1, -0.05) is 13.8 Å². The number of esters is 1. The van der Waals surface area contributed by atoms with Crippen molar-refractivity contribution in [2.45, 2.75) is 39.7 Å². The fourth-order valence-corrected chi connectivity index (χ4v) is 1.80. The molecule has 0 bridgehead atoms. The van der Waals surface area contributed by atoms with E-state index >= 15 is 0 Å². The van der Waals surface area contributed by atoms with Gasteiger partial charge in [-0.05, 0) is 31.9 Å². The average molecular weight is 279 g/mol. The summed E-state index contributed by atoms with van der Waals surface area (Å²) in [6.07, 6.45) is 4.72. The summed E-state index contributed by atoms with van der Waals surface area (Å²) in [5.74, 6) is 0.291. The van der Waals surface area contributed by atoms with Crippen molar-refractivity contribution < 1.29 is 18.7 Å². The number of methoxy groups -OCH3 is 1. The van der Waals surface area contributed by atoms with Gasteiger partial charge < -0.3 is 14.5 Å². The van der Waals surface area contributed by atoms with Crippen molar-refractivity contribution in [3.8, 4) is 0 Å². The molecular formula is C15H21NO4. The zero-order valence-electron chi connectivity index (χ0n) is 12.4. The van der Waals surface area contributed by atoms with Crippen LogP contribution < -0.4 is 5.32 Å². The van der Waals surface area contributed by atoms with Crippen LogP contribution in [-0.2, 0) is 9.53 Å². The predicted octanol–water partition coefficient (Wildman–Crippen LogP) is 2.69. The fraction of sp³-hybridized carbons (Fsp3) is 0.467. The predicted molar refractivity (Wildman–Crippen MR) is 76.3 cm³/mol. The van der Waals surface area contributed by atoms with Gasteiger partial charge >= 0.3 is 5.97 Å². The SMILES string of the molecule is CCC(CC)NC(=O)/C=C/c1cc(C(=O)OC)c(C)o1. The van der Waals surface area contributed by atoms with Gasteiger partial charge in [-0.3, -0.25) is 4.79 Å². The van der Waals surface area contributed by atoms with Gasteiger partial charge in [0.15, 0.2) is 0 Å². The molecule has 0 saturated heterocycles. The van der Waals surface area contributed by atoms with Gasteiger partial charge in [-0.2, -0.15) is 0 Å². The molecule has 1 rings (SSSR count). The molecule has 1 aromatic rings. The largest absolute Gasteiger partial charge is 0.465 e. The van der Waals surface area contributed by atoms with Crippen LogP contribution in [0.25, 0.3) is 6.08 Å². The highest BCUT2D eigenvalue weighted by Gasteiger charge is 2.14. The smallest absolute Gasteiger partial charge is 0.341 e. The van der Waals surface area contributed by atoms with Gasteiger partial charge in [0.05, 0.1) is 7.11 Å². The molecule has 1 amide bonds. The highest BCUT2D eigenvalue weighted by Crippen LogP contribution is 2.16. The first-order valence-corrected chi connectivity index (χ1v) is 6.69. The molecule has 0 atom stereocenters. The van der Waals surface area contributed by atoms with E-state index in [0.717, 1.165) is 12.8 Å². The maximum atomic E-state index is 11.7. The third-order valence-electron chi connectivity index (χ3n) is 3.07. The number of carbonyl (C=O) groups excluding carboxylic acids is 2. The second-order valence-corrected chi connectivity index (χ2v) is 4.47. The molecule has 0 unspecified atom stereocenters. The number of hydrogen-bond acceptors (Lipinski definition) is 4. The lowest BCUT2D eigenvalue weighted by Crippen LogP contribution is -2.32. The van der Waals surface area contributed by atoms with Crippen LogP contribution in [0.1, 0.15) is 48.6 Å². The van der Waals surface area contributed by atoms with Crippen molar-refractivity contribution in [3.05, 3.63) is 29.2 Å². The third-order valence-corrected chi connectivity index (χ3v) is 3.07. The van der Waals surface area contributed by atoms with Crippen molar-refractivity contribution in [2.75, 3.05) is 7.11 Å². The Balaban J connectivity index is 2.71. The minimum Gasteiger partial charge on any atom is -0.465 e. The summed E-state index contributed by atoms with van der Waals surface area (Å²) in [7, 11) is 1.31. The molecule has 1 heterocycles. The number of furan rings is 1. The van der Waals surface area contributed by atoms with E-state index in [2.05, 4.69) is 10.1 Å². The fourth-order valence-electron chi connectivity index (χ4n) is 1.80. The summed E-state index contributed by atoms with van der Waals surface area (Å²) in [5, 5.41) is 2.88. The van der Waals surface area contributed by atoms with Crippen LogP contribution in [0.3, 0.4) is 0 Å². The van der Waals surface area contributed by atoms with Crippen LogP contribution in [0.2, 0.25) is 0 Å². The molecule has 5 nitrogen and oxygen atoms in total. The first-order valence-electron chi connectivity index (χ1n) is 6.69. The Morgan fingerprint density at radius 2 is 2.05 bits per heavy atom. The van der Waals surface area contributed by atoms with E-state index in [1.807, 2.05) is 13.8 Å². The lowest BCUT2D eigenvalue weighted by atomic mass is 10.2. The molecule has 0 saturated carbocycles. The Kier molecular flexibility index (Phi) is 6.03. The van der Waals surface area contributed by atoms with Crippen molar-refractivity contribution in [3.63, 3.8) is 0 Å². The molecule has 0 aliphatic heterocycles. The monoisotopic (exact) mass is 279 g/mol. The van der Waals surface area contributed by atoms with Crippen LogP contribution in [0, 0.1) is 6.92 Å². The molecule has 0 radical (unpaired) electrons. The first-order chi connectivity index (χ1) is 9.51. The molecule has 0 fully saturated rings. The minimum atomic E-state index is -0.451. The summed E-state index contributed by atoms with van der Waals surface area (Å²) in [4.78, 5) is 23.1. The molecule has 0 aliphatic rings. The van der Waals surface area contributed by atoms with Crippen LogP contribution in [0.4, 0.5) is 0 Å². The number of hydrogen-bond donors (Lipinski definition) is 1. The first kappa shape index (κ1) is 16.0. The molecule has 0 aromatic carbocycles. The number of carbonyl (C=O) groups is 2. The summed E-state index contributed by atoms with van der Waals surface area (Å²) >= 11 is 0. The number of ether oxygens (including phenoxy) is 1. The lowest BCUT2D eigenvalue weighted by molar-refractivity contribution is -0.117. The zero-order valence-corrected chi connectivity index (χ0v) is 12.4. The minimum absolute atomic E-state index is 0.174. The topological polar surface area (TPSA) is 68.5 Å². The van der Waals surface area contributed by atoms with Crippen molar-refractivity contribution in [2.24, 2.45) is 0 Å². The molecule has 110 valence electrons. The van der Waals surface area contributed by atoms with Crippen LogP contribution >= 0.6 is 0 Å². The third kappa shape index (κ3) is 4.26. The van der Waals surface area contributed by atoms with Gasteiger partial charge in [-0.25, -0.2) is 4.79 Å². The van der Waals surface area contributed by atoms with E-state index in [0.29, 0.717) is 17.1 Å². The Hall–Kier alpha value is -2.04. The van der Waals surface area contributed by atoms with Gasteiger partial charge in [0.1, 0.15) is 17.1 Å². The number of rotatable bonds is 6. The molecule has 20 heavy (non-hydrogen) atoms. The van der Waals surface area contributed by atoms with E-state index in [-0.39, 0.29) is 11.9 Å². The number of aryl methyl sites for hydroxylation is 1. The van der Waals surface area contributed by atoms with E-state index in [1.54, 1.807) is 13.0 Å². The van der Waals surface area contributed by atoms with E-state index < -0.39 is 5.97 Å². The maximum absolute atomic E-state index is 11.7. The highest BCUT2D eigenvalue weighted by atomic mass is 16.5. The van der Waals surface area contributed by atoms with Crippen LogP contribution in [0.15, 0.2) is 16.6 Å². The van der Waals surface area contributed by atoms with E-state index in [4.69, 9.17) is 4.42 Å². The van der Waals surface area contributed by atoms with Crippen LogP contribution in [0.5, 0.6) is 0 Å². The summed E-state index contributed by atoms with van der Waals surface area (Å²) < 4.78 is 10.0. The Labute approximate surface area is 119 Å². The Morgan fingerprint density at radius 3 is 2.60 bits per heavy atom. The molecular weight excluding hydrogens is 258 g/mol. The van der Waals surface area contributed by atoms with Crippen LogP contribution in [-0.4, -0.2) is 25.0 Å². The van der Waals surface area contributed by atoms with Gasteiger partial charge in [0.25, 0.3) is 0 Å². The molecule has 5 heteroatoms. The lowest BCUT2D eigenvalue weighted by Gasteiger charge is -2.12. The molecule has 0 aliphatic carbocycles. The normalized spacial score (nSPS) is 11.1. The Bertz CT molecular complexity index is 498. The number of nitrogens with one attached hydrogen (secondary N) is 1. The van der Waals surface area contributed by atoms with E-state index in [9.17, 15) is 9.59 Å². The van der Waals surface area contributed by atoms with Gasteiger partial charge in [-0.15, -0.1) is 0 Å². The summed E-state index contributed by atoms with van der Waals surface area (Å²) in [6, 6.07) is 1.73. The maximum Gasteiger partial charge on any atom is 0.341 e. The number of amides is 1. The summed E-state index contributed by atoms with van der Waals surface area (Å²) in [5.41, 5.74) is 0.368. The van der Waals surface area contributed by atoms with Gasteiger partial charge in [0, 0.05) is 12.1 Å². The van der Waals surface area contributed by atoms with Crippen molar-refractivity contribution in [1.82, 2.24) is 5.32 Å².